The number of likely N-dealkylation sites (tertiary alicyclic amines) is 1. The number of aldehydes is 1. The second kappa shape index (κ2) is 7.15. The molecule has 1 fully saturated rings. The van der Waals surface area contributed by atoms with Crippen LogP contribution in [0.15, 0.2) is 24.3 Å². The summed E-state index contributed by atoms with van der Waals surface area (Å²) in [6, 6.07) is 7.68. The number of benzene rings is 1. The largest absolute Gasteiger partial charge is 0.444 e. The van der Waals surface area contributed by atoms with Gasteiger partial charge in [0.25, 0.3) is 0 Å². The maximum absolute atomic E-state index is 12.6. The first-order valence-electron chi connectivity index (χ1n) is 8.27. The van der Waals surface area contributed by atoms with Crippen molar-refractivity contribution < 1.29 is 14.3 Å². The van der Waals surface area contributed by atoms with E-state index in [1.54, 1.807) is 20.8 Å². The van der Waals surface area contributed by atoms with Gasteiger partial charge in [0.15, 0.2) is 11.9 Å². The average molecular weight is 365 g/mol. The number of carbonyl (C=O) groups is 2. The van der Waals surface area contributed by atoms with E-state index in [1.165, 1.54) is 4.90 Å². The molecule has 1 aliphatic rings. The number of carbonyl (C=O) groups excluding carboxylic acids is 2. The standard InChI is InChI=1S/C18H27N3O3S/c1-17(2,3)24-16(23)21-11-15(25)10-18(21,12-22)19-13-6-8-14(9-7-13)20(4)5/h6-9,12,15,19,25H,10-11H2,1-5H3/t15-,18-/m0/s1. The van der Waals surface area contributed by atoms with Gasteiger partial charge in [0, 0.05) is 43.7 Å². The van der Waals surface area contributed by atoms with E-state index in [0.29, 0.717) is 13.0 Å². The maximum atomic E-state index is 12.6. The Balaban J connectivity index is 2.25. The first-order chi connectivity index (χ1) is 11.6. The van der Waals surface area contributed by atoms with E-state index in [1.807, 2.05) is 43.3 Å². The lowest BCUT2D eigenvalue weighted by atomic mass is 10.1. The minimum atomic E-state index is -1.16. The molecule has 1 heterocycles. The number of nitrogens with one attached hydrogen (secondary N) is 1. The van der Waals surface area contributed by atoms with Crippen molar-refractivity contribution in [2.75, 3.05) is 30.9 Å². The quantitative estimate of drug-likeness (QED) is 0.634. The van der Waals surface area contributed by atoms with Gasteiger partial charge in [-0.3, -0.25) is 9.69 Å². The van der Waals surface area contributed by atoms with E-state index in [9.17, 15) is 9.59 Å². The molecule has 0 aromatic heterocycles. The highest BCUT2D eigenvalue weighted by Gasteiger charge is 2.49. The van der Waals surface area contributed by atoms with Crippen LogP contribution in [0.25, 0.3) is 0 Å². The molecule has 2 rings (SSSR count). The summed E-state index contributed by atoms with van der Waals surface area (Å²) in [7, 11) is 3.92. The molecule has 0 bridgehead atoms. The highest BCUT2D eigenvalue weighted by Crippen LogP contribution is 2.33. The van der Waals surface area contributed by atoms with Crippen LogP contribution >= 0.6 is 12.6 Å². The summed E-state index contributed by atoms with van der Waals surface area (Å²) in [5, 5.41) is 3.10. The molecular weight excluding hydrogens is 338 g/mol. The molecule has 2 atom stereocenters. The molecule has 1 amide bonds. The predicted molar refractivity (Wildman–Crippen MR) is 104 cm³/mol. The van der Waals surface area contributed by atoms with Crippen LogP contribution < -0.4 is 10.2 Å². The molecular formula is C18H27N3O3S. The number of rotatable bonds is 4. The Morgan fingerprint density at radius 3 is 2.44 bits per heavy atom. The number of hydrogen-bond acceptors (Lipinski definition) is 6. The fraction of sp³-hybridized carbons (Fsp3) is 0.556. The lowest BCUT2D eigenvalue weighted by molar-refractivity contribution is -0.115. The third-order valence-corrected chi connectivity index (χ3v) is 4.32. The minimum absolute atomic E-state index is 0.105. The molecule has 1 aliphatic heterocycles. The summed E-state index contributed by atoms with van der Waals surface area (Å²) in [6.07, 6.45) is 0.662. The molecule has 0 spiro atoms. The highest BCUT2D eigenvalue weighted by atomic mass is 32.1. The summed E-state index contributed by atoms with van der Waals surface area (Å²) in [5.74, 6) is 0. The normalized spacial score (nSPS) is 23.3. The number of amides is 1. The first kappa shape index (κ1) is 19.4. The van der Waals surface area contributed by atoms with Gasteiger partial charge < -0.3 is 15.0 Å². The molecule has 1 aromatic carbocycles. The monoisotopic (exact) mass is 365 g/mol. The summed E-state index contributed by atoms with van der Waals surface area (Å²) in [5.41, 5.74) is 0.0178. The molecule has 1 N–H and O–H groups in total. The van der Waals surface area contributed by atoms with Crippen LogP contribution in [0.3, 0.4) is 0 Å². The number of thiol groups is 1. The van der Waals surface area contributed by atoms with Gasteiger partial charge in [-0.25, -0.2) is 4.79 Å². The van der Waals surface area contributed by atoms with Crippen molar-refractivity contribution in [1.82, 2.24) is 4.90 Å². The molecule has 25 heavy (non-hydrogen) atoms. The van der Waals surface area contributed by atoms with Crippen molar-refractivity contribution in [2.24, 2.45) is 0 Å². The van der Waals surface area contributed by atoms with Crippen LogP contribution in [0.2, 0.25) is 0 Å². The van der Waals surface area contributed by atoms with Crippen LogP contribution in [0.1, 0.15) is 27.2 Å². The summed E-state index contributed by atoms with van der Waals surface area (Å²) >= 11 is 4.48. The first-order valence-corrected chi connectivity index (χ1v) is 8.78. The highest BCUT2D eigenvalue weighted by molar-refractivity contribution is 7.81. The van der Waals surface area contributed by atoms with Gasteiger partial charge in [0.1, 0.15) is 5.60 Å². The zero-order valence-electron chi connectivity index (χ0n) is 15.4. The number of nitrogens with zero attached hydrogens (tertiary/aromatic N) is 2. The molecule has 7 heteroatoms. The van der Waals surface area contributed by atoms with Gasteiger partial charge in [0.05, 0.1) is 0 Å². The molecule has 1 aromatic rings. The molecule has 0 unspecified atom stereocenters. The van der Waals surface area contributed by atoms with Gasteiger partial charge in [-0.05, 0) is 45.0 Å². The van der Waals surface area contributed by atoms with E-state index in [4.69, 9.17) is 4.74 Å². The van der Waals surface area contributed by atoms with Crippen molar-refractivity contribution in [1.29, 1.82) is 0 Å². The van der Waals surface area contributed by atoms with Crippen molar-refractivity contribution in [3.63, 3.8) is 0 Å². The fourth-order valence-electron chi connectivity index (χ4n) is 2.81. The zero-order chi connectivity index (χ0) is 18.8. The van der Waals surface area contributed by atoms with Crippen molar-refractivity contribution in [2.45, 2.75) is 43.7 Å². The Morgan fingerprint density at radius 2 is 1.96 bits per heavy atom. The van der Waals surface area contributed by atoms with Gasteiger partial charge in [-0.15, -0.1) is 0 Å². The third kappa shape index (κ3) is 4.60. The van der Waals surface area contributed by atoms with Crippen LogP contribution in [0.5, 0.6) is 0 Å². The van der Waals surface area contributed by atoms with Crippen molar-refractivity contribution in [3.8, 4) is 0 Å². The van der Waals surface area contributed by atoms with Crippen LogP contribution in [-0.2, 0) is 9.53 Å². The van der Waals surface area contributed by atoms with Gasteiger partial charge in [0.2, 0.25) is 0 Å². The predicted octanol–water partition coefficient (Wildman–Crippen LogP) is 3.00. The lowest BCUT2D eigenvalue weighted by Crippen LogP contribution is -2.55. The van der Waals surface area contributed by atoms with E-state index in [0.717, 1.165) is 17.7 Å². The number of ether oxygens (including phenoxy) is 1. The zero-order valence-corrected chi connectivity index (χ0v) is 16.3. The molecule has 6 nitrogen and oxygen atoms in total. The Bertz CT molecular complexity index is 627. The fourth-order valence-corrected chi connectivity index (χ4v) is 3.26. The average Bonchev–Trinajstić information content (AvgIpc) is 2.83. The number of anilines is 2. The lowest BCUT2D eigenvalue weighted by Gasteiger charge is -2.36. The maximum Gasteiger partial charge on any atom is 0.412 e. The van der Waals surface area contributed by atoms with E-state index in [-0.39, 0.29) is 5.25 Å². The van der Waals surface area contributed by atoms with Gasteiger partial charge in [-0.1, -0.05) is 0 Å². The Morgan fingerprint density at radius 1 is 1.36 bits per heavy atom. The smallest absolute Gasteiger partial charge is 0.412 e. The second-order valence-corrected chi connectivity index (χ2v) is 8.29. The Kier molecular flexibility index (Phi) is 5.56. The molecule has 0 aliphatic carbocycles. The Hall–Kier alpha value is -1.89. The van der Waals surface area contributed by atoms with Gasteiger partial charge >= 0.3 is 6.09 Å². The number of hydrogen-bond donors (Lipinski definition) is 2. The topological polar surface area (TPSA) is 61.9 Å². The van der Waals surface area contributed by atoms with Crippen LogP contribution in [0.4, 0.5) is 16.2 Å². The summed E-state index contributed by atoms with van der Waals surface area (Å²) in [4.78, 5) is 28.0. The van der Waals surface area contributed by atoms with Crippen LogP contribution in [0, 0.1) is 0 Å². The van der Waals surface area contributed by atoms with Crippen LogP contribution in [-0.4, -0.2) is 54.4 Å². The summed E-state index contributed by atoms with van der Waals surface area (Å²) < 4.78 is 5.46. The van der Waals surface area contributed by atoms with E-state index in [2.05, 4.69) is 17.9 Å². The van der Waals surface area contributed by atoms with E-state index < -0.39 is 17.4 Å². The SMILES string of the molecule is CN(C)c1ccc(N[C@@]2(C=O)C[C@H](S)CN2C(=O)OC(C)(C)C)cc1. The van der Waals surface area contributed by atoms with Crippen molar-refractivity contribution in [3.05, 3.63) is 24.3 Å². The minimum Gasteiger partial charge on any atom is -0.444 e. The molecule has 0 saturated carbocycles. The van der Waals surface area contributed by atoms with E-state index >= 15 is 0 Å². The van der Waals surface area contributed by atoms with Gasteiger partial charge in [-0.2, -0.15) is 12.6 Å². The summed E-state index contributed by atoms with van der Waals surface area (Å²) in [6.45, 7) is 5.75. The second-order valence-electron chi connectivity index (χ2n) is 7.56. The third-order valence-electron chi connectivity index (χ3n) is 3.98. The van der Waals surface area contributed by atoms with Crippen molar-refractivity contribution >= 4 is 36.4 Å². The molecule has 1 saturated heterocycles. The molecule has 0 radical (unpaired) electrons. The Labute approximate surface area is 154 Å². The molecule has 138 valence electrons.